The summed E-state index contributed by atoms with van der Waals surface area (Å²) in [7, 11) is 0. The van der Waals surface area contributed by atoms with Crippen LogP contribution in [-0.2, 0) is 19.1 Å². The molecule has 2 unspecified atom stereocenters. The number of Topliss-reactive ketones (excluding diaryl/α,β-unsaturated/α-hetero) is 1. The van der Waals surface area contributed by atoms with Crippen molar-refractivity contribution in [2.24, 2.45) is 11.8 Å². The van der Waals surface area contributed by atoms with Crippen LogP contribution in [0, 0.1) is 17.7 Å². The Balaban J connectivity index is 1.45. The number of hydrogen-bond donors (Lipinski definition) is 0. The fourth-order valence-corrected chi connectivity index (χ4v) is 6.47. The highest BCUT2D eigenvalue weighted by Gasteiger charge is 2.41. The lowest BCUT2D eigenvalue weighted by atomic mass is 9.92. The molecule has 2 aliphatic heterocycles. The van der Waals surface area contributed by atoms with Crippen molar-refractivity contribution in [1.29, 1.82) is 0 Å². The van der Waals surface area contributed by atoms with E-state index in [0.29, 0.717) is 37.6 Å². The number of piperidine rings is 2. The lowest BCUT2D eigenvalue weighted by Gasteiger charge is -2.39. The smallest absolute Gasteiger partial charge is 0.306 e. The first kappa shape index (κ1) is 28.0. The third kappa shape index (κ3) is 7.74. The normalized spacial score (nSPS) is 23.6. The molecule has 6 nitrogen and oxygen atoms in total. The van der Waals surface area contributed by atoms with Crippen molar-refractivity contribution in [1.82, 2.24) is 9.80 Å². The average Bonchev–Trinajstić information content (AvgIpc) is 3.71. The molecule has 1 saturated carbocycles. The first-order chi connectivity index (χ1) is 17.9. The Morgan fingerprint density at radius 1 is 1.11 bits per heavy atom. The van der Waals surface area contributed by atoms with Crippen molar-refractivity contribution < 1.29 is 23.5 Å². The molecule has 37 heavy (non-hydrogen) atoms. The lowest BCUT2D eigenvalue weighted by Crippen LogP contribution is -2.43. The van der Waals surface area contributed by atoms with Crippen molar-refractivity contribution in [2.45, 2.75) is 63.7 Å². The van der Waals surface area contributed by atoms with Crippen LogP contribution in [-0.4, -0.2) is 71.2 Å². The summed E-state index contributed by atoms with van der Waals surface area (Å²) in [4.78, 5) is 41.7. The molecule has 4 rings (SSSR count). The van der Waals surface area contributed by atoms with Crippen molar-refractivity contribution in [2.75, 3.05) is 39.3 Å². The van der Waals surface area contributed by atoms with Gasteiger partial charge in [0.1, 0.15) is 5.82 Å². The molecule has 1 aromatic carbocycles. The van der Waals surface area contributed by atoms with Gasteiger partial charge in [-0.3, -0.25) is 24.2 Å². The van der Waals surface area contributed by atoms with Gasteiger partial charge in [-0.25, -0.2) is 4.39 Å². The summed E-state index contributed by atoms with van der Waals surface area (Å²) in [5, 5.41) is 0.163. The van der Waals surface area contributed by atoms with Crippen molar-refractivity contribution in [3.63, 3.8) is 0 Å². The maximum Gasteiger partial charge on any atom is 0.306 e. The monoisotopic (exact) mass is 530 g/mol. The number of halogens is 1. The van der Waals surface area contributed by atoms with Crippen LogP contribution in [0.2, 0.25) is 0 Å². The molecule has 202 valence electrons. The van der Waals surface area contributed by atoms with Gasteiger partial charge in [-0.2, -0.15) is 0 Å². The minimum absolute atomic E-state index is 0.0252. The summed E-state index contributed by atoms with van der Waals surface area (Å²) >= 11 is 1.36. The Kier molecular flexibility index (Phi) is 9.96. The highest BCUT2D eigenvalue weighted by atomic mass is 32.2. The number of hydrogen-bond acceptors (Lipinski definition) is 7. The number of carbonyl (C=O) groups excluding carboxylic acids is 3. The molecule has 3 fully saturated rings. The Hall–Kier alpha value is -2.03. The number of likely N-dealkylation sites (tertiary alicyclic amines) is 2. The van der Waals surface area contributed by atoms with E-state index in [0.717, 1.165) is 57.3 Å². The molecular weight excluding hydrogens is 491 g/mol. The lowest BCUT2D eigenvalue weighted by molar-refractivity contribution is -0.144. The van der Waals surface area contributed by atoms with Crippen LogP contribution in [0.5, 0.6) is 0 Å². The molecule has 8 heteroatoms. The Morgan fingerprint density at radius 3 is 2.49 bits per heavy atom. The summed E-state index contributed by atoms with van der Waals surface area (Å²) in [6.07, 6.45) is 7.15. The molecule has 2 heterocycles. The van der Waals surface area contributed by atoms with E-state index in [9.17, 15) is 18.8 Å². The summed E-state index contributed by atoms with van der Waals surface area (Å²) in [5.41, 5.74) is 1.60. The third-order valence-electron chi connectivity index (χ3n) is 7.68. The highest BCUT2D eigenvalue weighted by Crippen LogP contribution is 2.40. The van der Waals surface area contributed by atoms with Crippen LogP contribution in [0.15, 0.2) is 35.9 Å². The quantitative estimate of drug-likeness (QED) is 0.318. The van der Waals surface area contributed by atoms with E-state index in [1.54, 1.807) is 25.1 Å². The summed E-state index contributed by atoms with van der Waals surface area (Å²) in [6, 6.07) is 6.05. The Morgan fingerprint density at radius 2 is 1.84 bits per heavy atom. The maximum atomic E-state index is 14.9. The second kappa shape index (κ2) is 13.2. The van der Waals surface area contributed by atoms with E-state index in [4.69, 9.17) is 4.74 Å². The van der Waals surface area contributed by atoms with Gasteiger partial charge in [0.2, 0.25) is 0 Å². The van der Waals surface area contributed by atoms with Gasteiger partial charge in [0, 0.05) is 49.7 Å². The SMILES string of the molecule is CCOC(=O)CC1CCN(C/C=C2/CN(C(C(=O)C3CC3)c3ccccc3F)CCC2SC(C)=O)CC1. The van der Waals surface area contributed by atoms with E-state index in [2.05, 4.69) is 15.9 Å². The zero-order chi connectivity index (χ0) is 26.4. The number of benzene rings is 1. The van der Waals surface area contributed by atoms with Gasteiger partial charge in [-0.05, 0) is 69.7 Å². The molecule has 0 N–H and O–H groups in total. The zero-order valence-electron chi connectivity index (χ0n) is 22.0. The van der Waals surface area contributed by atoms with Gasteiger partial charge in [-0.15, -0.1) is 0 Å². The number of rotatable bonds is 10. The standard InChI is InChI=1S/C29H39FN2O4S/c1-3-36-27(34)18-21-10-14-31(15-11-21)16-12-23-19-32(17-13-26(23)37-20(2)33)28(29(35)22-8-9-22)24-6-4-5-7-25(24)30/h4-7,12,21-22,26,28H,3,8-11,13-19H2,1-2H3/b23-12-. The number of nitrogens with zero attached hydrogens (tertiary/aromatic N) is 2. The van der Waals surface area contributed by atoms with Crippen LogP contribution in [0.4, 0.5) is 4.39 Å². The predicted molar refractivity (Wildman–Crippen MR) is 144 cm³/mol. The molecule has 0 aromatic heterocycles. The summed E-state index contributed by atoms with van der Waals surface area (Å²) in [5.74, 6) is 0.0599. The van der Waals surface area contributed by atoms with Gasteiger partial charge in [0.15, 0.2) is 10.9 Å². The van der Waals surface area contributed by atoms with E-state index < -0.39 is 6.04 Å². The van der Waals surface area contributed by atoms with E-state index in [1.165, 1.54) is 17.8 Å². The average molecular weight is 531 g/mol. The molecule has 2 atom stereocenters. The van der Waals surface area contributed by atoms with E-state index >= 15 is 0 Å². The summed E-state index contributed by atoms with van der Waals surface area (Å²) < 4.78 is 20.0. The summed E-state index contributed by atoms with van der Waals surface area (Å²) in [6.45, 7) is 7.66. The Bertz CT molecular complexity index is 1000. The van der Waals surface area contributed by atoms with Crippen LogP contribution in [0.25, 0.3) is 0 Å². The predicted octanol–water partition coefficient (Wildman–Crippen LogP) is 4.79. The molecule has 3 aliphatic rings. The largest absolute Gasteiger partial charge is 0.466 e. The minimum atomic E-state index is -0.584. The first-order valence-corrected chi connectivity index (χ1v) is 14.5. The van der Waals surface area contributed by atoms with E-state index in [1.807, 2.05) is 6.92 Å². The van der Waals surface area contributed by atoms with Crippen molar-refractivity contribution in [3.05, 3.63) is 47.3 Å². The van der Waals surface area contributed by atoms with Gasteiger partial charge in [0.25, 0.3) is 0 Å². The molecule has 1 aliphatic carbocycles. The molecule has 0 bridgehead atoms. The fraction of sp³-hybridized carbons (Fsp3) is 0.621. The molecule has 1 aromatic rings. The number of thioether (sulfide) groups is 1. The van der Waals surface area contributed by atoms with Gasteiger partial charge >= 0.3 is 5.97 Å². The van der Waals surface area contributed by atoms with Gasteiger partial charge in [0.05, 0.1) is 12.6 Å². The van der Waals surface area contributed by atoms with E-state index in [-0.39, 0.29) is 33.9 Å². The topological polar surface area (TPSA) is 66.9 Å². The van der Waals surface area contributed by atoms with Crippen LogP contribution in [0.1, 0.15) is 64.0 Å². The number of ketones is 1. The molecule has 0 amide bonds. The number of ether oxygens (including phenoxy) is 1. The first-order valence-electron chi connectivity index (χ1n) is 13.6. The molecule has 2 saturated heterocycles. The Labute approximate surface area is 224 Å². The number of carbonyl (C=O) groups is 3. The van der Waals surface area contributed by atoms with Gasteiger partial charge < -0.3 is 4.74 Å². The van der Waals surface area contributed by atoms with Crippen molar-refractivity contribution >= 4 is 28.6 Å². The second-order valence-corrected chi connectivity index (χ2v) is 11.9. The molecular formula is C29H39FN2O4S. The molecule has 0 spiro atoms. The van der Waals surface area contributed by atoms with Crippen molar-refractivity contribution in [3.8, 4) is 0 Å². The van der Waals surface area contributed by atoms with Crippen LogP contribution >= 0.6 is 11.8 Å². The third-order valence-corrected chi connectivity index (χ3v) is 8.83. The fourth-order valence-electron chi connectivity index (χ4n) is 5.53. The minimum Gasteiger partial charge on any atom is -0.466 e. The maximum absolute atomic E-state index is 14.9. The number of esters is 1. The zero-order valence-corrected chi connectivity index (χ0v) is 22.8. The van der Waals surface area contributed by atoms with Crippen LogP contribution < -0.4 is 0 Å². The second-order valence-electron chi connectivity index (χ2n) is 10.5. The van der Waals surface area contributed by atoms with Gasteiger partial charge in [-0.1, -0.05) is 36.0 Å². The molecule has 0 radical (unpaired) electrons. The highest BCUT2D eigenvalue weighted by molar-refractivity contribution is 8.14. The van der Waals surface area contributed by atoms with Crippen LogP contribution in [0.3, 0.4) is 0 Å².